The largest absolute Gasteiger partial charge is 0.494 e. The molecule has 0 radical (unpaired) electrons. The maximum Gasteiger partial charge on any atom is 0.343 e. The number of nitrogens with one attached hydrogen (secondary N) is 1. The Morgan fingerprint density at radius 3 is 2.71 bits per heavy atom. The molecule has 130 valence electrons. The second-order valence-electron chi connectivity index (χ2n) is 6.06. The lowest BCUT2D eigenvalue weighted by atomic mass is 10.0. The number of hydrogen-bond donors (Lipinski definition) is 2. The van der Waals surface area contributed by atoms with Gasteiger partial charge in [-0.3, -0.25) is 0 Å². The van der Waals surface area contributed by atoms with Gasteiger partial charge in [0.1, 0.15) is 0 Å². The van der Waals surface area contributed by atoms with E-state index in [9.17, 15) is 14.3 Å². The fraction of sp³-hybridized carbons (Fsp3) is 0.412. The Morgan fingerprint density at radius 2 is 2.12 bits per heavy atom. The number of rotatable bonds is 7. The van der Waals surface area contributed by atoms with E-state index in [1.807, 2.05) is 6.92 Å². The number of nitrogens with zero attached hydrogens (tertiary/aromatic N) is 1. The number of halogens is 1. The Hall–Kier alpha value is -2.57. The Labute approximate surface area is 139 Å². The van der Waals surface area contributed by atoms with E-state index in [0.29, 0.717) is 11.5 Å². The molecule has 1 heterocycles. The lowest BCUT2D eigenvalue weighted by Gasteiger charge is -2.15. The second kappa shape index (κ2) is 7.33. The maximum absolute atomic E-state index is 13.5. The minimum absolute atomic E-state index is 0.00271. The van der Waals surface area contributed by atoms with Crippen molar-refractivity contribution in [1.29, 1.82) is 0 Å². The first-order valence-electron chi connectivity index (χ1n) is 7.66. The predicted molar refractivity (Wildman–Crippen MR) is 87.9 cm³/mol. The second-order valence-corrected chi connectivity index (χ2v) is 6.06. The van der Waals surface area contributed by atoms with E-state index in [0.717, 1.165) is 6.42 Å². The molecular weight excluding hydrogens is 315 g/mol. The Balaban J connectivity index is 2.40. The van der Waals surface area contributed by atoms with Gasteiger partial charge in [-0.2, -0.15) is 0 Å². The van der Waals surface area contributed by atoms with Gasteiger partial charge in [-0.1, -0.05) is 19.0 Å². The molecule has 1 aromatic carbocycles. The maximum atomic E-state index is 13.5. The number of carbonyl (C=O) groups is 1. The summed E-state index contributed by atoms with van der Waals surface area (Å²) in [6.45, 7) is 6.10. The topological polar surface area (TPSA) is 84.6 Å². The van der Waals surface area contributed by atoms with Crippen molar-refractivity contribution in [2.45, 2.75) is 33.2 Å². The zero-order valence-electron chi connectivity index (χ0n) is 14.1. The van der Waals surface area contributed by atoms with Crippen LogP contribution < -0.4 is 10.1 Å². The van der Waals surface area contributed by atoms with E-state index in [4.69, 9.17) is 9.26 Å². The number of aromatic nitrogens is 1. The standard InChI is InChI=1S/C17H21FN2O4/c1-9(2)7-10(3)19-16-14(17(21)22)15(24-20-16)11-5-6-12(18)13(8-11)23-4/h5-6,8-10H,7H2,1-4H3,(H,19,20)(H,21,22). The quantitative estimate of drug-likeness (QED) is 0.794. The van der Waals surface area contributed by atoms with Gasteiger partial charge in [0.05, 0.1) is 7.11 Å². The summed E-state index contributed by atoms with van der Waals surface area (Å²) in [5, 5.41) is 16.4. The molecule has 0 saturated heterocycles. The zero-order chi connectivity index (χ0) is 17.9. The van der Waals surface area contributed by atoms with Crippen molar-refractivity contribution in [2.24, 2.45) is 5.92 Å². The van der Waals surface area contributed by atoms with E-state index < -0.39 is 11.8 Å². The molecule has 0 fully saturated rings. The molecule has 0 amide bonds. The first kappa shape index (κ1) is 17.8. The first-order valence-corrected chi connectivity index (χ1v) is 7.66. The van der Waals surface area contributed by atoms with Gasteiger partial charge in [0.25, 0.3) is 0 Å². The summed E-state index contributed by atoms with van der Waals surface area (Å²) in [5.74, 6) is -1.04. The minimum atomic E-state index is -1.17. The Bertz CT molecular complexity index is 727. The molecule has 6 nitrogen and oxygen atoms in total. The highest BCUT2D eigenvalue weighted by Crippen LogP contribution is 2.33. The summed E-state index contributed by atoms with van der Waals surface area (Å²) in [6.07, 6.45) is 0.853. The van der Waals surface area contributed by atoms with Crippen molar-refractivity contribution in [3.05, 3.63) is 29.6 Å². The number of anilines is 1. The molecule has 1 aromatic heterocycles. The molecule has 1 unspecified atom stereocenters. The van der Waals surface area contributed by atoms with Gasteiger partial charge in [-0.25, -0.2) is 9.18 Å². The average Bonchev–Trinajstić information content (AvgIpc) is 2.90. The molecular formula is C17H21FN2O4. The lowest BCUT2D eigenvalue weighted by Crippen LogP contribution is -2.19. The predicted octanol–water partition coefficient (Wildman–Crippen LogP) is 4.03. The van der Waals surface area contributed by atoms with Crippen LogP contribution in [0.1, 0.15) is 37.6 Å². The molecule has 0 spiro atoms. The number of ether oxygens (including phenoxy) is 1. The van der Waals surface area contributed by atoms with Crippen LogP contribution in [0, 0.1) is 11.7 Å². The summed E-state index contributed by atoms with van der Waals surface area (Å²) in [5.41, 5.74) is 0.293. The van der Waals surface area contributed by atoms with E-state index in [1.54, 1.807) is 0 Å². The van der Waals surface area contributed by atoms with E-state index in [1.165, 1.54) is 25.3 Å². The summed E-state index contributed by atoms with van der Waals surface area (Å²) in [7, 11) is 1.33. The highest BCUT2D eigenvalue weighted by atomic mass is 19.1. The van der Waals surface area contributed by atoms with Gasteiger partial charge in [0, 0.05) is 11.6 Å². The molecule has 2 N–H and O–H groups in total. The third kappa shape index (κ3) is 3.84. The molecule has 1 atom stereocenters. The fourth-order valence-corrected chi connectivity index (χ4v) is 2.58. The molecule has 2 rings (SSSR count). The van der Waals surface area contributed by atoms with Gasteiger partial charge in [0.15, 0.2) is 28.7 Å². The summed E-state index contributed by atoms with van der Waals surface area (Å²) in [4.78, 5) is 11.7. The summed E-state index contributed by atoms with van der Waals surface area (Å²) < 4.78 is 23.7. The number of carboxylic acid groups (broad SMARTS) is 1. The smallest absolute Gasteiger partial charge is 0.343 e. The molecule has 2 aromatic rings. The van der Waals surface area contributed by atoms with Crippen LogP contribution in [-0.4, -0.2) is 29.4 Å². The molecule has 0 aliphatic rings. The van der Waals surface area contributed by atoms with Gasteiger partial charge in [-0.05, 0) is 37.5 Å². The van der Waals surface area contributed by atoms with Crippen molar-refractivity contribution in [1.82, 2.24) is 5.16 Å². The van der Waals surface area contributed by atoms with Crippen LogP contribution in [-0.2, 0) is 0 Å². The van der Waals surface area contributed by atoms with Crippen LogP contribution in [0.15, 0.2) is 22.7 Å². The Morgan fingerprint density at radius 1 is 1.42 bits per heavy atom. The van der Waals surface area contributed by atoms with Crippen molar-refractivity contribution in [3.8, 4) is 17.1 Å². The molecule has 0 aliphatic carbocycles. The molecule has 7 heteroatoms. The van der Waals surface area contributed by atoms with Crippen molar-refractivity contribution < 1.29 is 23.6 Å². The number of carboxylic acids is 1. The molecule has 24 heavy (non-hydrogen) atoms. The van der Waals surface area contributed by atoms with E-state index in [-0.39, 0.29) is 28.9 Å². The number of aromatic carboxylic acids is 1. The summed E-state index contributed by atoms with van der Waals surface area (Å²) in [6, 6.07) is 4.02. The van der Waals surface area contributed by atoms with Gasteiger partial charge >= 0.3 is 5.97 Å². The lowest BCUT2D eigenvalue weighted by molar-refractivity contribution is 0.0698. The monoisotopic (exact) mass is 336 g/mol. The number of hydrogen-bond acceptors (Lipinski definition) is 5. The van der Waals surface area contributed by atoms with E-state index in [2.05, 4.69) is 24.3 Å². The third-order valence-electron chi connectivity index (χ3n) is 3.53. The SMILES string of the molecule is COc1cc(-c2onc(NC(C)CC(C)C)c2C(=O)O)ccc1F. The number of methoxy groups -OCH3 is 1. The van der Waals surface area contributed by atoms with Gasteiger partial charge in [-0.15, -0.1) is 0 Å². The van der Waals surface area contributed by atoms with Crippen molar-refractivity contribution >= 4 is 11.8 Å². The number of benzene rings is 1. The van der Waals surface area contributed by atoms with Gasteiger partial charge in [0.2, 0.25) is 0 Å². The van der Waals surface area contributed by atoms with Crippen LogP contribution in [0.3, 0.4) is 0 Å². The minimum Gasteiger partial charge on any atom is -0.494 e. The Kier molecular flexibility index (Phi) is 5.43. The zero-order valence-corrected chi connectivity index (χ0v) is 14.1. The molecule has 0 bridgehead atoms. The van der Waals surface area contributed by atoms with Gasteiger partial charge < -0.3 is 19.7 Å². The first-order chi connectivity index (χ1) is 11.3. The molecule has 0 saturated carbocycles. The van der Waals surface area contributed by atoms with Crippen LogP contribution in [0.4, 0.5) is 10.2 Å². The summed E-state index contributed by atoms with van der Waals surface area (Å²) >= 11 is 0. The van der Waals surface area contributed by atoms with Crippen LogP contribution in [0.25, 0.3) is 11.3 Å². The van der Waals surface area contributed by atoms with Crippen molar-refractivity contribution in [3.63, 3.8) is 0 Å². The molecule has 0 aliphatic heterocycles. The van der Waals surface area contributed by atoms with E-state index >= 15 is 0 Å². The van der Waals surface area contributed by atoms with Crippen LogP contribution in [0.2, 0.25) is 0 Å². The van der Waals surface area contributed by atoms with Crippen LogP contribution >= 0.6 is 0 Å². The average molecular weight is 336 g/mol. The van der Waals surface area contributed by atoms with Crippen LogP contribution in [0.5, 0.6) is 5.75 Å². The fourth-order valence-electron chi connectivity index (χ4n) is 2.58. The highest BCUT2D eigenvalue weighted by molar-refractivity contribution is 5.99. The third-order valence-corrected chi connectivity index (χ3v) is 3.53. The van der Waals surface area contributed by atoms with Crippen molar-refractivity contribution in [2.75, 3.05) is 12.4 Å². The highest BCUT2D eigenvalue weighted by Gasteiger charge is 2.25. The normalized spacial score (nSPS) is 12.2.